The van der Waals surface area contributed by atoms with E-state index >= 15 is 0 Å². The molecule has 1 amide bonds. The highest BCUT2D eigenvalue weighted by molar-refractivity contribution is 6.35. The summed E-state index contributed by atoms with van der Waals surface area (Å²) in [4.78, 5) is 22.2. The molecule has 0 saturated heterocycles. The Morgan fingerprint density at radius 3 is 2.69 bits per heavy atom. The van der Waals surface area contributed by atoms with Crippen LogP contribution in [0.3, 0.4) is 0 Å². The molecule has 0 aromatic heterocycles. The largest absolute Gasteiger partial charge is 0.345 e. The second-order valence-electron chi connectivity index (χ2n) is 3.53. The van der Waals surface area contributed by atoms with E-state index in [0.29, 0.717) is 5.56 Å². The van der Waals surface area contributed by atoms with Gasteiger partial charge in [-0.15, -0.1) is 0 Å². The number of aryl methyl sites for hydroxylation is 1. The van der Waals surface area contributed by atoms with E-state index in [1.807, 2.05) is 6.92 Å². The van der Waals surface area contributed by atoms with Crippen molar-refractivity contribution in [1.82, 2.24) is 5.32 Å². The van der Waals surface area contributed by atoms with E-state index in [1.54, 1.807) is 13.0 Å². The third-order valence-electron chi connectivity index (χ3n) is 2.32. The highest BCUT2D eigenvalue weighted by Gasteiger charge is 2.10. The minimum Gasteiger partial charge on any atom is -0.345 e. The number of rotatable bonds is 4. The zero-order valence-corrected chi connectivity index (χ0v) is 9.34. The van der Waals surface area contributed by atoms with Crippen LogP contribution in [0.2, 0.25) is 0 Å². The Hall–Kier alpha value is -1.71. The Morgan fingerprint density at radius 1 is 1.38 bits per heavy atom. The number of halogens is 1. The number of carbonyl (C=O) groups excluding carboxylic acids is 2. The Labute approximate surface area is 93.7 Å². The van der Waals surface area contributed by atoms with E-state index in [2.05, 4.69) is 5.32 Å². The first-order chi connectivity index (χ1) is 7.54. The molecular weight excluding hydrogens is 209 g/mol. The molecule has 0 radical (unpaired) electrons. The Bertz CT molecular complexity index is 415. The van der Waals surface area contributed by atoms with Crippen molar-refractivity contribution in [2.75, 3.05) is 0 Å². The van der Waals surface area contributed by atoms with Crippen LogP contribution in [0.15, 0.2) is 18.2 Å². The average molecular weight is 223 g/mol. The van der Waals surface area contributed by atoms with Gasteiger partial charge in [-0.2, -0.15) is 0 Å². The maximum Gasteiger partial charge on any atom is 0.287 e. The molecule has 0 aliphatic carbocycles. The van der Waals surface area contributed by atoms with E-state index in [0.717, 1.165) is 5.56 Å². The lowest BCUT2D eigenvalue weighted by Crippen LogP contribution is -2.30. The van der Waals surface area contributed by atoms with Gasteiger partial charge in [-0.25, -0.2) is 4.39 Å². The van der Waals surface area contributed by atoms with E-state index in [1.165, 1.54) is 12.1 Å². The van der Waals surface area contributed by atoms with E-state index in [-0.39, 0.29) is 18.8 Å². The zero-order valence-electron chi connectivity index (χ0n) is 9.34. The topological polar surface area (TPSA) is 46.2 Å². The molecular formula is C12H14FNO2. The van der Waals surface area contributed by atoms with Gasteiger partial charge < -0.3 is 5.32 Å². The smallest absolute Gasteiger partial charge is 0.287 e. The van der Waals surface area contributed by atoms with Gasteiger partial charge in [0.15, 0.2) is 0 Å². The lowest BCUT2D eigenvalue weighted by molar-refractivity contribution is -0.137. The number of amides is 1. The maximum atomic E-state index is 12.9. The van der Waals surface area contributed by atoms with Crippen LogP contribution in [-0.4, -0.2) is 11.7 Å². The minimum atomic E-state index is -0.619. The summed E-state index contributed by atoms with van der Waals surface area (Å²) in [5.41, 5.74) is 1.56. The van der Waals surface area contributed by atoms with Gasteiger partial charge in [0.25, 0.3) is 5.91 Å². The summed E-state index contributed by atoms with van der Waals surface area (Å²) >= 11 is 0. The summed E-state index contributed by atoms with van der Waals surface area (Å²) in [6, 6.07) is 4.35. The standard InChI is InChI=1S/C12H14FNO2/c1-3-11(15)12(16)14-7-9-6-10(13)5-4-8(9)2/h4-6H,3,7H2,1-2H3,(H,14,16). The summed E-state index contributed by atoms with van der Waals surface area (Å²) in [6.45, 7) is 3.62. The third kappa shape index (κ3) is 3.15. The van der Waals surface area contributed by atoms with Gasteiger partial charge in [0.05, 0.1) is 0 Å². The fourth-order valence-electron chi connectivity index (χ4n) is 1.27. The number of hydrogen-bond acceptors (Lipinski definition) is 2. The molecule has 0 aliphatic rings. The molecule has 1 aromatic rings. The van der Waals surface area contributed by atoms with Gasteiger partial charge in [-0.3, -0.25) is 9.59 Å². The third-order valence-corrected chi connectivity index (χ3v) is 2.32. The fraction of sp³-hybridized carbons (Fsp3) is 0.333. The Morgan fingerprint density at radius 2 is 2.06 bits per heavy atom. The predicted molar refractivity (Wildman–Crippen MR) is 58.3 cm³/mol. The van der Waals surface area contributed by atoms with Crippen molar-refractivity contribution in [3.05, 3.63) is 35.1 Å². The van der Waals surface area contributed by atoms with Crippen LogP contribution < -0.4 is 5.32 Å². The van der Waals surface area contributed by atoms with Crippen molar-refractivity contribution in [3.63, 3.8) is 0 Å². The molecule has 1 N–H and O–H groups in total. The number of ketones is 1. The van der Waals surface area contributed by atoms with Gasteiger partial charge in [0.1, 0.15) is 5.82 Å². The second kappa shape index (κ2) is 5.39. The van der Waals surface area contributed by atoms with Crippen molar-refractivity contribution < 1.29 is 14.0 Å². The van der Waals surface area contributed by atoms with Crippen LogP contribution in [0.1, 0.15) is 24.5 Å². The molecule has 1 rings (SSSR count). The maximum absolute atomic E-state index is 12.9. The van der Waals surface area contributed by atoms with Gasteiger partial charge >= 0.3 is 0 Å². The molecule has 0 heterocycles. The number of benzene rings is 1. The van der Waals surface area contributed by atoms with E-state index < -0.39 is 11.7 Å². The van der Waals surface area contributed by atoms with Crippen LogP contribution in [0.25, 0.3) is 0 Å². The molecule has 1 aromatic carbocycles. The normalized spacial score (nSPS) is 9.94. The molecule has 4 heteroatoms. The second-order valence-corrected chi connectivity index (χ2v) is 3.53. The number of nitrogens with one attached hydrogen (secondary N) is 1. The van der Waals surface area contributed by atoms with Crippen LogP contribution >= 0.6 is 0 Å². The molecule has 16 heavy (non-hydrogen) atoms. The number of hydrogen-bond donors (Lipinski definition) is 1. The van der Waals surface area contributed by atoms with E-state index in [4.69, 9.17) is 0 Å². The quantitative estimate of drug-likeness (QED) is 0.790. The zero-order chi connectivity index (χ0) is 12.1. The van der Waals surface area contributed by atoms with Crippen molar-refractivity contribution in [2.24, 2.45) is 0 Å². The molecule has 0 atom stereocenters. The van der Waals surface area contributed by atoms with Crippen molar-refractivity contribution in [1.29, 1.82) is 0 Å². The number of Topliss-reactive ketones (excluding diaryl/α,β-unsaturated/α-hetero) is 1. The van der Waals surface area contributed by atoms with Crippen LogP contribution in [0, 0.1) is 12.7 Å². The summed E-state index contributed by atoms with van der Waals surface area (Å²) < 4.78 is 12.9. The SMILES string of the molecule is CCC(=O)C(=O)NCc1cc(F)ccc1C. The van der Waals surface area contributed by atoms with Crippen molar-refractivity contribution in [3.8, 4) is 0 Å². The predicted octanol–water partition coefficient (Wildman–Crippen LogP) is 1.73. The van der Waals surface area contributed by atoms with Gasteiger partial charge in [0, 0.05) is 13.0 Å². The lowest BCUT2D eigenvalue weighted by Gasteiger charge is -2.07. The van der Waals surface area contributed by atoms with Crippen LogP contribution in [0.5, 0.6) is 0 Å². The van der Waals surface area contributed by atoms with Crippen molar-refractivity contribution in [2.45, 2.75) is 26.8 Å². The molecule has 0 fully saturated rings. The molecule has 0 unspecified atom stereocenters. The monoisotopic (exact) mass is 223 g/mol. The Kier molecular flexibility index (Phi) is 4.17. The highest BCUT2D eigenvalue weighted by Crippen LogP contribution is 2.09. The first-order valence-corrected chi connectivity index (χ1v) is 5.10. The summed E-state index contributed by atoms with van der Waals surface area (Å²) in [7, 11) is 0. The fourth-order valence-corrected chi connectivity index (χ4v) is 1.27. The Balaban J connectivity index is 2.64. The van der Waals surface area contributed by atoms with Gasteiger partial charge in [0.2, 0.25) is 5.78 Å². The lowest BCUT2D eigenvalue weighted by atomic mass is 10.1. The molecule has 0 bridgehead atoms. The molecule has 0 aliphatic heterocycles. The molecule has 0 spiro atoms. The first kappa shape index (κ1) is 12.4. The minimum absolute atomic E-state index is 0.175. The first-order valence-electron chi connectivity index (χ1n) is 5.10. The summed E-state index contributed by atoms with van der Waals surface area (Å²) in [5.74, 6) is -1.43. The molecule has 3 nitrogen and oxygen atoms in total. The summed E-state index contributed by atoms with van der Waals surface area (Å²) in [5, 5.41) is 2.46. The summed E-state index contributed by atoms with van der Waals surface area (Å²) in [6.07, 6.45) is 0.175. The van der Waals surface area contributed by atoms with Gasteiger partial charge in [-0.05, 0) is 30.2 Å². The molecule has 0 saturated carbocycles. The highest BCUT2D eigenvalue weighted by atomic mass is 19.1. The van der Waals surface area contributed by atoms with Gasteiger partial charge in [-0.1, -0.05) is 13.0 Å². The van der Waals surface area contributed by atoms with Crippen LogP contribution in [-0.2, 0) is 16.1 Å². The van der Waals surface area contributed by atoms with Crippen LogP contribution in [0.4, 0.5) is 4.39 Å². The molecule has 86 valence electrons. The number of carbonyl (C=O) groups is 2. The van der Waals surface area contributed by atoms with Crippen molar-refractivity contribution >= 4 is 11.7 Å². The van der Waals surface area contributed by atoms with E-state index in [9.17, 15) is 14.0 Å². The average Bonchev–Trinajstić information content (AvgIpc) is 2.28.